The van der Waals surface area contributed by atoms with Crippen molar-refractivity contribution in [3.8, 4) is 11.5 Å². The minimum absolute atomic E-state index is 0.0406. The number of rotatable bonds is 5. The zero-order chi connectivity index (χ0) is 15.3. The van der Waals surface area contributed by atoms with Gasteiger partial charge >= 0.3 is 0 Å². The lowest BCUT2D eigenvalue weighted by atomic mass is 9.88. The van der Waals surface area contributed by atoms with Crippen LogP contribution in [0.4, 0.5) is 0 Å². The molecule has 0 aromatic heterocycles. The molecule has 0 radical (unpaired) electrons. The Morgan fingerprint density at radius 3 is 2.50 bits per heavy atom. The summed E-state index contributed by atoms with van der Waals surface area (Å²) in [7, 11) is 1.45. The lowest BCUT2D eigenvalue weighted by Crippen LogP contribution is -2.22. The highest BCUT2D eigenvalue weighted by Crippen LogP contribution is 2.26. The minimum Gasteiger partial charge on any atom is -0.504 e. The van der Waals surface area contributed by atoms with E-state index >= 15 is 0 Å². The Labute approximate surface area is 119 Å². The fourth-order valence-corrected chi connectivity index (χ4v) is 1.47. The Balaban J connectivity index is 2.73. The lowest BCUT2D eigenvalue weighted by molar-refractivity contribution is -0.130. The molecule has 0 aliphatic rings. The van der Waals surface area contributed by atoms with Crippen LogP contribution in [0.25, 0.3) is 6.08 Å². The number of methoxy groups -OCH3 is 1. The van der Waals surface area contributed by atoms with Crippen molar-refractivity contribution < 1.29 is 19.4 Å². The lowest BCUT2D eigenvalue weighted by Gasteiger charge is -2.14. The van der Waals surface area contributed by atoms with Crippen LogP contribution in [0, 0.1) is 5.41 Å². The van der Waals surface area contributed by atoms with Crippen molar-refractivity contribution in [1.29, 1.82) is 0 Å². The smallest absolute Gasteiger partial charge is 0.163 e. The largest absolute Gasteiger partial charge is 0.504 e. The fourth-order valence-electron chi connectivity index (χ4n) is 1.47. The molecule has 0 bridgehead atoms. The van der Waals surface area contributed by atoms with Crippen molar-refractivity contribution in [3.63, 3.8) is 0 Å². The summed E-state index contributed by atoms with van der Waals surface area (Å²) in [5, 5.41) is 9.46. The van der Waals surface area contributed by atoms with Gasteiger partial charge in [-0.3, -0.25) is 9.59 Å². The molecule has 1 rings (SSSR count). The Bertz CT molecular complexity index is 536. The molecule has 0 amide bonds. The molecule has 0 aliphatic carbocycles. The maximum absolute atomic E-state index is 11.7. The summed E-state index contributed by atoms with van der Waals surface area (Å²) in [6.45, 7) is 5.37. The second kappa shape index (κ2) is 6.37. The molecular weight excluding hydrogens is 256 g/mol. The van der Waals surface area contributed by atoms with Crippen molar-refractivity contribution in [3.05, 3.63) is 29.8 Å². The Hall–Kier alpha value is -2.10. The standard InChI is InChI=1S/C16H20O4/c1-16(2,3)15(19)10-12(17)7-5-11-6-8-13(18)14(9-11)20-4/h5-9,18H,10H2,1-4H3. The summed E-state index contributed by atoms with van der Waals surface area (Å²) in [6.07, 6.45) is 2.87. The number of aromatic hydroxyl groups is 1. The molecule has 1 N–H and O–H groups in total. The molecule has 0 fully saturated rings. The molecule has 4 heteroatoms. The highest BCUT2D eigenvalue weighted by molar-refractivity contribution is 6.07. The van der Waals surface area contributed by atoms with E-state index in [0.717, 1.165) is 5.56 Å². The average molecular weight is 276 g/mol. The zero-order valence-electron chi connectivity index (χ0n) is 12.3. The molecule has 1 aromatic rings. The number of hydrogen-bond acceptors (Lipinski definition) is 4. The first-order chi connectivity index (χ1) is 9.24. The number of phenolic OH excluding ortho intramolecular Hbond substituents is 1. The Morgan fingerprint density at radius 1 is 1.30 bits per heavy atom. The second-order valence-electron chi connectivity index (χ2n) is 5.58. The van der Waals surface area contributed by atoms with E-state index in [4.69, 9.17) is 4.74 Å². The number of ether oxygens (including phenoxy) is 1. The minimum atomic E-state index is -0.509. The number of allylic oxidation sites excluding steroid dienone is 1. The Kier molecular flexibility index (Phi) is 5.08. The van der Waals surface area contributed by atoms with Crippen LogP contribution in [-0.4, -0.2) is 23.8 Å². The van der Waals surface area contributed by atoms with Gasteiger partial charge in [-0.1, -0.05) is 32.9 Å². The van der Waals surface area contributed by atoms with Crippen molar-refractivity contribution in [1.82, 2.24) is 0 Å². The summed E-state index contributed by atoms with van der Waals surface area (Å²) in [5.41, 5.74) is 0.210. The number of carbonyl (C=O) groups excluding carboxylic acids is 2. The number of ketones is 2. The first-order valence-corrected chi connectivity index (χ1v) is 6.35. The van der Waals surface area contributed by atoms with Crippen molar-refractivity contribution in [2.24, 2.45) is 5.41 Å². The van der Waals surface area contributed by atoms with E-state index in [1.165, 1.54) is 19.3 Å². The molecular formula is C16H20O4. The summed E-state index contributed by atoms with van der Waals surface area (Å²) in [6, 6.07) is 4.77. The van der Waals surface area contributed by atoms with Crippen LogP contribution in [0.1, 0.15) is 32.8 Å². The van der Waals surface area contributed by atoms with Gasteiger partial charge in [0.05, 0.1) is 13.5 Å². The zero-order valence-corrected chi connectivity index (χ0v) is 12.3. The molecule has 0 atom stereocenters. The quantitative estimate of drug-likeness (QED) is 0.663. The molecule has 0 aliphatic heterocycles. The van der Waals surface area contributed by atoms with Crippen LogP contribution in [-0.2, 0) is 9.59 Å². The molecule has 20 heavy (non-hydrogen) atoms. The van der Waals surface area contributed by atoms with Crippen molar-refractivity contribution in [2.45, 2.75) is 27.2 Å². The van der Waals surface area contributed by atoms with Crippen LogP contribution in [0.2, 0.25) is 0 Å². The summed E-state index contributed by atoms with van der Waals surface area (Å²) in [5.74, 6) is 0.0525. The van der Waals surface area contributed by atoms with Gasteiger partial charge in [0.1, 0.15) is 5.78 Å². The van der Waals surface area contributed by atoms with Gasteiger partial charge < -0.3 is 9.84 Å². The summed E-state index contributed by atoms with van der Waals surface area (Å²) >= 11 is 0. The van der Waals surface area contributed by atoms with E-state index in [-0.39, 0.29) is 23.7 Å². The third-order valence-corrected chi connectivity index (χ3v) is 2.84. The summed E-state index contributed by atoms with van der Waals surface area (Å²) in [4.78, 5) is 23.4. The molecule has 0 heterocycles. The molecule has 0 unspecified atom stereocenters. The first kappa shape index (κ1) is 16.0. The van der Waals surface area contributed by atoms with Gasteiger partial charge in [0.15, 0.2) is 17.3 Å². The first-order valence-electron chi connectivity index (χ1n) is 6.35. The van der Waals surface area contributed by atoms with Crippen LogP contribution < -0.4 is 4.74 Å². The predicted octanol–water partition coefficient (Wildman–Crippen LogP) is 2.99. The predicted molar refractivity (Wildman–Crippen MR) is 77.8 cm³/mol. The van der Waals surface area contributed by atoms with E-state index in [1.807, 2.05) is 0 Å². The number of benzene rings is 1. The summed E-state index contributed by atoms with van der Waals surface area (Å²) < 4.78 is 4.98. The number of carbonyl (C=O) groups is 2. The van der Waals surface area contributed by atoms with E-state index in [2.05, 4.69) is 0 Å². The number of hydrogen-bond donors (Lipinski definition) is 1. The fraction of sp³-hybridized carbons (Fsp3) is 0.375. The van der Waals surface area contributed by atoms with Gasteiger partial charge in [-0.2, -0.15) is 0 Å². The van der Waals surface area contributed by atoms with Gasteiger partial charge in [-0.15, -0.1) is 0 Å². The maximum Gasteiger partial charge on any atom is 0.163 e. The molecule has 0 saturated heterocycles. The van der Waals surface area contributed by atoms with Crippen LogP contribution in [0.3, 0.4) is 0 Å². The molecule has 0 saturated carbocycles. The van der Waals surface area contributed by atoms with Gasteiger partial charge in [0, 0.05) is 5.41 Å². The SMILES string of the molecule is COc1cc(C=CC(=O)CC(=O)C(C)(C)C)ccc1O. The molecule has 108 valence electrons. The van der Waals surface area contributed by atoms with Crippen LogP contribution in [0.5, 0.6) is 11.5 Å². The average Bonchev–Trinajstić information content (AvgIpc) is 2.36. The maximum atomic E-state index is 11.7. The third-order valence-electron chi connectivity index (χ3n) is 2.84. The van der Waals surface area contributed by atoms with Gasteiger partial charge in [-0.25, -0.2) is 0 Å². The van der Waals surface area contributed by atoms with Gasteiger partial charge in [-0.05, 0) is 23.8 Å². The second-order valence-corrected chi connectivity index (χ2v) is 5.58. The Morgan fingerprint density at radius 2 is 1.95 bits per heavy atom. The highest BCUT2D eigenvalue weighted by Gasteiger charge is 2.22. The van der Waals surface area contributed by atoms with E-state index < -0.39 is 5.41 Å². The van der Waals surface area contributed by atoms with Crippen molar-refractivity contribution >= 4 is 17.6 Å². The highest BCUT2D eigenvalue weighted by atomic mass is 16.5. The molecule has 0 spiro atoms. The van der Waals surface area contributed by atoms with Crippen LogP contribution in [0.15, 0.2) is 24.3 Å². The third kappa shape index (κ3) is 4.53. The normalized spacial score (nSPS) is 11.6. The van der Waals surface area contributed by atoms with Crippen molar-refractivity contribution in [2.75, 3.05) is 7.11 Å². The van der Waals surface area contributed by atoms with Gasteiger partial charge in [0.25, 0.3) is 0 Å². The number of phenols is 1. The molecule has 4 nitrogen and oxygen atoms in total. The van der Waals surface area contributed by atoms with E-state index in [9.17, 15) is 14.7 Å². The molecule has 1 aromatic carbocycles. The van der Waals surface area contributed by atoms with E-state index in [0.29, 0.717) is 5.75 Å². The topological polar surface area (TPSA) is 63.6 Å². The number of Topliss-reactive ketones (excluding diaryl/α,β-unsaturated/α-hetero) is 1. The van der Waals surface area contributed by atoms with E-state index in [1.54, 1.807) is 39.0 Å². The monoisotopic (exact) mass is 276 g/mol. The van der Waals surface area contributed by atoms with Gasteiger partial charge in [0.2, 0.25) is 0 Å². The van der Waals surface area contributed by atoms with Crippen LogP contribution >= 0.6 is 0 Å².